The molecule has 1 aromatic rings. The van der Waals surface area contributed by atoms with E-state index >= 15 is 0 Å². The zero-order chi connectivity index (χ0) is 13.0. The highest BCUT2D eigenvalue weighted by atomic mass is 32.2. The minimum atomic E-state index is -2.82. The van der Waals surface area contributed by atoms with Gasteiger partial charge in [-0.25, -0.2) is 8.42 Å². The summed E-state index contributed by atoms with van der Waals surface area (Å²) in [5.41, 5.74) is 2.98. The molecule has 1 atom stereocenters. The van der Waals surface area contributed by atoms with Crippen LogP contribution in [0.3, 0.4) is 0 Å². The summed E-state index contributed by atoms with van der Waals surface area (Å²) in [7, 11) is -0.987. The minimum Gasteiger partial charge on any atom is -0.388 e. The highest BCUT2D eigenvalue weighted by Gasteiger charge is 2.11. The highest BCUT2D eigenvalue weighted by Crippen LogP contribution is 2.26. The smallest absolute Gasteiger partial charge is 0.257 e. The van der Waals surface area contributed by atoms with Gasteiger partial charge in [-0.15, -0.1) is 0 Å². The van der Waals surface area contributed by atoms with Crippen LogP contribution in [0.25, 0.3) is 0 Å². The molecule has 0 bridgehead atoms. The van der Waals surface area contributed by atoms with Gasteiger partial charge in [0.05, 0.1) is 6.10 Å². The molecule has 0 aliphatic heterocycles. The first-order valence-corrected chi connectivity index (χ1v) is 6.67. The fraction of sp³-hybridized carbons (Fsp3) is 0.500. The molecule has 1 N–H and O–H groups in total. The fourth-order valence-electron chi connectivity index (χ4n) is 1.58. The Morgan fingerprint density at radius 2 is 1.71 bits per heavy atom. The summed E-state index contributed by atoms with van der Waals surface area (Å²) >= 11 is 0. The van der Waals surface area contributed by atoms with Crippen LogP contribution in [0, 0.1) is 0 Å². The average molecular weight is 257 g/mol. The van der Waals surface area contributed by atoms with Gasteiger partial charge >= 0.3 is 0 Å². The third kappa shape index (κ3) is 4.02. The first kappa shape index (κ1) is 14.0. The van der Waals surface area contributed by atoms with Crippen molar-refractivity contribution in [3.63, 3.8) is 0 Å². The zero-order valence-electron chi connectivity index (χ0n) is 10.6. The number of nitrogens with one attached hydrogen (secondary N) is 1. The van der Waals surface area contributed by atoms with Crippen LogP contribution in [0.4, 0.5) is 5.69 Å². The molecule has 96 valence electrons. The predicted molar refractivity (Wildman–Crippen MR) is 69.9 cm³/mol. The number of hydrogen-bond donors (Lipinski definition) is 2. The Morgan fingerprint density at radius 1 is 1.12 bits per heavy atom. The molecule has 0 fully saturated rings. The van der Waals surface area contributed by atoms with Gasteiger partial charge in [0.15, 0.2) is 0 Å². The van der Waals surface area contributed by atoms with Gasteiger partial charge in [0.1, 0.15) is 0 Å². The third-order valence-electron chi connectivity index (χ3n) is 2.65. The van der Waals surface area contributed by atoms with E-state index < -0.39 is 17.1 Å². The lowest BCUT2D eigenvalue weighted by Gasteiger charge is -2.15. The van der Waals surface area contributed by atoms with E-state index in [-0.39, 0.29) is 0 Å². The van der Waals surface area contributed by atoms with Crippen molar-refractivity contribution in [3.8, 4) is 0 Å². The molecule has 5 heteroatoms. The van der Waals surface area contributed by atoms with Crippen molar-refractivity contribution < 1.29 is 12.6 Å². The molecule has 0 radical (unpaired) electrons. The van der Waals surface area contributed by atoms with Crippen LogP contribution in [-0.2, 0) is 15.2 Å². The second-order valence-electron chi connectivity index (χ2n) is 4.26. The van der Waals surface area contributed by atoms with Crippen molar-refractivity contribution in [1.82, 2.24) is 0 Å². The van der Waals surface area contributed by atoms with Crippen molar-refractivity contribution in [2.45, 2.75) is 32.8 Å². The van der Waals surface area contributed by atoms with Crippen molar-refractivity contribution >= 4 is 16.7 Å². The Kier molecular flexibility index (Phi) is 4.96. The number of benzene rings is 1. The normalized spacial score (nSPS) is 13.1. The van der Waals surface area contributed by atoms with E-state index in [9.17, 15) is 8.42 Å². The second kappa shape index (κ2) is 6.02. The largest absolute Gasteiger partial charge is 0.388 e. The average Bonchev–Trinajstić information content (AvgIpc) is 2.27. The first-order valence-electron chi connectivity index (χ1n) is 5.57. The maximum Gasteiger partial charge on any atom is 0.257 e. The maximum absolute atomic E-state index is 10.6. The Bertz CT molecular complexity index is 447. The van der Waals surface area contributed by atoms with Crippen molar-refractivity contribution in [2.75, 3.05) is 12.4 Å². The second-order valence-corrected chi connectivity index (χ2v) is 4.92. The number of rotatable bonds is 5. The van der Waals surface area contributed by atoms with Gasteiger partial charge in [0, 0.05) is 12.7 Å². The van der Waals surface area contributed by atoms with E-state index in [0.29, 0.717) is 5.92 Å². The quantitative estimate of drug-likeness (QED) is 0.796. The molecule has 0 saturated heterocycles. The summed E-state index contributed by atoms with van der Waals surface area (Å²) < 4.78 is 25.9. The molecule has 0 aliphatic carbocycles. The number of anilines is 1. The van der Waals surface area contributed by atoms with Crippen LogP contribution >= 0.6 is 0 Å². The summed E-state index contributed by atoms with van der Waals surface area (Å²) in [4.78, 5) is 0. The summed E-state index contributed by atoms with van der Waals surface area (Å²) in [6.45, 7) is 5.92. The molecule has 1 unspecified atom stereocenters. The van der Waals surface area contributed by atoms with Crippen molar-refractivity contribution in [2.24, 2.45) is 0 Å². The van der Waals surface area contributed by atoms with E-state index in [1.165, 1.54) is 0 Å². The monoisotopic (exact) mass is 257 g/mol. The summed E-state index contributed by atoms with van der Waals surface area (Å²) in [6.07, 6.45) is -0.457. The van der Waals surface area contributed by atoms with Crippen LogP contribution in [0.2, 0.25) is 0 Å². The van der Waals surface area contributed by atoms with Gasteiger partial charge in [0.25, 0.3) is 11.0 Å². The molecule has 1 rings (SSSR count). The predicted octanol–water partition coefficient (Wildman–Crippen LogP) is 2.46. The molecule has 0 heterocycles. The van der Waals surface area contributed by atoms with Crippen molar-refractivity contribution in [1.29, 1.82) is 0 Å². The van der Waals surface area contributed by atoms with Gasteiger partial charge in [-0.05, 0) is 36.1 Å². The van der Waals surface area contributed by atoms with E-state index in [0.717, 1.165) is 16.8 Å². The number of hydrogen-bond acceptors (Lipinski definition) is 4. The van der Waals surface area contributed by atoms with Gasteiger partial charge in [0.2, 0.25) is 0 Å². The van der Waals surface area contributed by atoms with Crippen LogP contribution in [-0.4, -0.2) is 15.5 Å². The zero-order valence-corrected chi connectivity index (χ0v) is 11.5. The van der Waals surface area contributed by atoms with E-state index in [1.807, 2.05) is 19.2 Å². The molecule has 0 aromatic heterocycles. The van der Waals surface area contributed by atoms with Crippen molar-refractivity contribution in [3.05, 3.63) is 29.3 Å². The molecular weight excluding hydrogens is 238 g/mol. The molecule has 0 aliphatic rings. The Morgan fingerprint density at radius 3 is 2.18 bits per heavy atom. The standard InChI is InChI=1S/C12H19NO3S/c1-8(2)10-5-11(7-12(6-10)13-4)9(3)16-17(14)15/h5-9,13,17H,1-4H3. The summed E-state index contributed by atoms with van der Waals surface area (Å²) in [5.74, 6) is 0.385. The van der Waals surface area contributed by atoms with Gasteiger partial charge in [-0.1, -0.05) is 19.9 Å². The van der Waals surface area contributed by atoms with E-state index in [4.69, 9.17) is 4.18 Å². The molecule has 0 amide bonds. The van der Waals surface area contributed by atoms with Gasteiger partial charge in [-0.3, -0.25) is 4.18 Å². The van der Waals surface area contributed by atoms with Gasteiger partial charge in [-0.2, -0.15) is 0 Å². The lowest BCUT2D eigenvalue weighted by molar-refractivity contribution is 0.245. The number of thiol groups is 1. The Labute approximate surface area is 104 Å². The molecule has 0 saturated carbocycles. The van der Waals surface area contributed by atoms with E-state index in [1.54, 1.807) is 6.92 Å². The fourth-order valence-corrected chi connectivity index (χ4v) is 1.96. The van der Waals surface area contributed by atoms with Crippen LogP contribution in [0.5, 0.6) is 0 Å². The molecule has 1 aromatic carbocycles. The van der Waals surface area contributed by atoms with Crippen LogP contribution in [0.1, 0.15) is 43.9 Å². The van der Waals surface area contributed by atoms with E-state index in [2.05, 4.69) is 25.2 Å². The van der Waals surface area contributed by atoms with Crippen LogP contribution in [0.15, 0.2) is 18.2 Å². The summed E-state index contributed by atoms with van der Waals surface area (Å²) in [6, 6.07) is 5.93. The highest BCUT2D eigenvalue weighted by molar-refractivity contribution is 7.67. The van der Waals surface area contributed by atoms with Gasteiger partial charge < -0.3 is 5.32 Å². The lowest BCUT2D eigenvalue weighted by atomic mass is 9.98. The molecule has 4 nitrogen and oxygen atoms in total. The first-order chi connectivity index (χ1) is 7.93. The molecule has 0 spiro atoms. The topological polar surface area (TPSA) is 55.4 Å². The lowest BCUT2D eigenvalue weighted by Crippen LogP contribution is -2.02. The molecular formula is C12H19NO3S. The summed E-state index contributed by atoms with van der Waals surface area (Å²) in [5, 5.41) is 3.06. The Hall–Kier alpha value is -1.07. The van der Waals surface area contributed by atoms with Crippen LogP contribution < -0.4 is 5.32 Å². The third-order valence-corrected chi connectivity index (χ3v) is 3.13. The minimum absolute atomic E-state index is 0.385. The molecule has 17 heavy (non-hydrogen) atoms. The SMILES string of the molecule is CNc1cc(C(C)C)cc(C(C)O[SH](=O)=O)c1. The maximum atomic E-state index is 10.6. The Balaban J connectivity index is 3.09.